The maximum atomic E-state index is 5.25. The van der Waals surface area contributed by atoms with Gasteiger partial charge in [0, 0.05) is 5.69 Å². The van der Waals surface area contributed by atoms with E-state index in [1.807, 2.05) is 31.2 Å². The Labute approximate surface area is 130 Å². The molecule has 2 aromatic rings. The molecular formula is C16H19N3OS. The van der Waals surface area contributed by atoms with Gasteiger partial charge in [-0.2, -0.15) is 5.10 Å². The van der Waals surface area contributed by atoms with Gasteiger partial charge in [-0.3, -0.25) is 5.43 Å². The number of nitrogens with zero attached hydrogens (tertiary/aromatic N) is 1. The van der Waals surface area contributed by atoms with Crippen molar-refractivity contribution >= 4 is 28.7 Å². The van der Waals surface area contributed by atoms with E-state index >= 15 is 0 Å². The fourth-order valence-corrected chi connectivity index (χ4v) is 1.95. The molecule has 0 radical (unpaired) electrons. The molecule has 4 nitrogen and oxygen atoms in total. The van der Waals surface area contributed by atoms with E-state index < -0.39 is 0 Å². The number of hydrazone groups is 1. The molecule has 0 amide bonds. The summed E-state index contributed by atoms with van der Waals surface area (Å²) in [4.78, 5) is 0. The average molecular weight is 301 g/mol. The average Bonchev–Trinajstić information content (AvgIpc) is 2.99. The Morgan fingerprint density at radius 3 is 2.48 bits per heavy atom. The van der Waals surface area contributed by atoms with Crippen LogP contribution in [0.5, 0.6) is 0 Å². The van der Waals surface area contributed by atoms with Crippen LogP contribution in [0.15, 0.2) is 52.2 Å². The van der Waals surface area contributed by atoms with Crippen molar-refractivity contribution in [1.29, 1.82) is 0 Å². The maximum absolute atomic E-state index is 5.25. The van der Waals surface area contributed by atoms with Crippen LogP contribution >= 0.6 is 12.2 Å². The molecular weight excluding hydrogens is 282 g/mol. The van der Waals surface area contributed by atoms with Crippen LogP contribution in [0.1, 0.15) is 38.0 Å². The highest BCUT2D eigenvalue weighted by molar-refractivity contribution is 7.80. The van der Waals surface area contributed by atoms with Crippen molar-refractivity contribution in [1.82, 2.24) is 5.43 Å². The first-order chi connectivity index (χ1) is 10.1. The van der Waals surface area contributed by atoms with E-state index in [-0.39, 0.29) is 0 Å². The minimum Gasteiger partial charge on any atom is -0.463 e. The van der Waals surface area contributed by atoms with Gasteiger partial charge in [0.1, 0.15) is 11.5 Å². The zero-order valence-electron chi connectivity index (χ0n) is 12.4. The molecule has 0 saturated carbocycles. The third kappa shape index (κ3) is 4.43. The van der Waals surface area contributed by atoms with Crippen molar-refractivity contribution < 1.29 is 4.42 Å². The summed E-state index contributed by atoms with van der Waals surface area (Å²) in [5, 5.41) is 7.71. The van der Waals surface area contributed by atoms with E-state index in [2.05, 4.69) is 41.8 Å². The summed E-state index contributed by atoms with van der Waals surface area (Å²) in [6.07, 6.45) is 1.61. The first kappa shape index (κ1) is 15.3. The number of anilines is 1. The summed E-state index contributed by atoms with van der Waals surface area (Å²) >= 11 is 5.21. The van der Waals surface area contributed by atoms with Gasteiger partial charge in [-0.05, 0) is 54.9 Å². The highest BCUT2D eigenvalue weighted by Gasteiger charge is 2.02. The fourth-order valence-electron chi connectivity index (χ4n) is 1.78. The summed E-state index contributed by atoms with van der Waals surface area (Å²) in [6, 6.07) is 11.9. The number of benzene rings is 1. The van der Waals surface area contributed by atoms with E-state index in [9.17, 15) is 0 Å². The highest BCUT2D eigenvalue weighted by Crippen LogP contribution is 2.16. The predicted molar refractivity (Wildman–Crippen MR) is 90.8 cm³/mol. The molecule has 2 rings (SSSR count). The van der Waals surface area contributed by atoms with Crippen LogP contribution in [-0.4, -0.2) is 10.8 Å². The van der Waals surface area contributed by atoms with Crippen LogP contribution in [0.3, 0.4) is 0 Å². The second kappa shape index (κ2) is 7.04. The van der Waals surface area contributed by atoms with Crippen molar-refractivity contribution in [3.8, 4) is 0 Å². The fraction of sp³-hybridized carbons (Fsp3) is 0.250. The molecule has 5 heteroatoms. The van der Waals surface area contributed by atoms with Gasteiger partial charge < -0.3 is 9.73 Å². The van der Waals surface area contributed by atoms with Crippen molar-refractivity contribution in [2.45, 2.75) is 26.7 Å². The molecule has 0 atom stereocenters. The van der Waals surface area contributed by atoms with Crippen LogP contribution < -0.4 is 10.7 Å². The molecule has 1 heterocycles. The lowest BCUT2D eigenvalue weighted by Crippen LogP contribution is -2.24. The molecule has 110 valence electrons. The van der Waals surface area contributed by atoms with Crippen LogP contribution in [0.25, 0.3) is 0 Å². The highest BCUT2D eigenvalue weighted by atomic mass is 32.1. The lowest BCUT2D eigenvalue weighted by atomic mass is 10.0. The van der Waals surface area contributed by atoms with Crippen molar-refractivity contribution in [2.75, 3.05) is 5.32 Å². The zero-order chi connectivity index (χ0) is 15.2. The summed E-state index contributed by atoms with van der Waals surface area (Å²) in [6.45, 7) is 6.19. The molecule has 0 aliphatic heterocycles. The van der Waals surface area contributed by atoms with Crippen molar-refractivity contribution in [3.05, 3.63) is 54.0 Å². The smallest absolute Gasteiger partial charge is 0.191 e. The Morgan fingerprint density at radius 1 is 1.19 bits per heavy atom. The molecule has 1 aromatic heterocycles. The number of hydrogen-bond donors (Lipinski definition) is 2. The third-order valence-corrected chi connectivity index (χ3v) is 3.23. The third-order valence-electron chi connectivity index (χ3n) is 3.04. The Bertz CT molecular complexity index is 615. The molecule has 2 N–H and O–H groups in total. The Morgan fingerprint density at radius 2 is 1.90 bits per heavy atom. The van der Waals surface area contributed by atoms with E-state index in [0.29, 0.717) is 16.8 Å². The quantitative estimate of drug-likeness (QED) is 0.507. The van der Waals surface area contributed by atoms with Gasteiger partial charge in [0.15, 0.2) is 5.11 Å². The lowest BCUT2D eigenvalue weighted by molar-refractivity contribution is 0.556. The van der Waals surface area contributed by atoms with Gasteiger partial charge in [-0.15, -0.1) is 0 Å². The number of nitrogens with one attached hydrogen (secondary N) is 2. The van der Waals surface area contributed by atoms with Gasteiger partial charge in [-0.1, -0.05) is 26.0 Å². The molecule has 0 spiro atoms. The van der Waals surface area contributed by atoms with Gasteiger partial charge in [0.2, 0.25) is 0 Å². The zero-order valence-corrected chi connectivity index (χ0v) is 13.2. The number of rotatable bonds is 4. The van der Waals surface area contributed by atoms with Crippen LogP contribution in [-0.2, 0) is 0 Å². The molecule has 0 fully saturated rings. The van der Waals surface area contributed by atoms with Crippen molar-refractivity contribution in [3.63, 3.8) is 0 Å². The topological polar surface area (TPSA) is 49.6 Å². The van der Waals surface area contributed by atoms with Crippen LogP contribution in [0.4, 0.5) is 5.69 Å². The first-order valence-electron chi connectivity index (χ1n) is 6.81. The van der Waals surface area contributed by atoms with E-state index in [0.717, 1.165) is 11.4 Å². The van der Waals surface area contributed by atoms with Crippen LogP contribution in [0, 0.1) is 0 Å². The minimum absolute atomic E-state index is 0.443. The standard InChI is InChI=1S/C16H19N3OS/c1-11(2)13-6-8-14(9-7-13)17-16(21)19-18-12(3)15-5-4-10-20-15/h4-11H,1-3H3,(H2,17,19,21)/b18-12+. The molecule has 0 saturated heterocycles. The first-order valence-corrected chi connectivity index (χ1v) is 7.22. The molecule has 0 aliphatic carbocycles. The summed E-state index contributed by atoms with van der Waals surface area (Å²) in [7, 11) is 0. The Hall–Kier alpha value is -2.14. The number of thiocarbonyl (C=S) groups is 1. The van der Waals surface area contributed by atoms with Crippen molar-refractivity contribution in [2.24, 2.45) is 5.10 Å². The predicted octanol–water partition coefficient (Wildman–Crippen LogP) is 4.11. The monoisotopic (exact) mass is 301 g/mol. The van der Waals surface area contributed by atoms with Gasteiger partial charge in [0.05, 0.1) is 6.26 Å². The molecule has 21 heavy (non-hydrogen) atoms. The second-order valence-corrected chi connectivity index (χ2v) is 5.43. The summed E-state index contributed by atoms with van der Waals surface area (Å²) in [5.74, 6) is 1.23. The normalized spacial score (nSPS) is 11.5. The minimum atomic E-state index is 0.443. The number of furan rings is 1. The van der Waals surface area contributed by atoms with E-state index in [1.54, 1.807) is 6.26 Å². The SMILES string of the molecule is C/C(=N\NC(=S)Nc1ccc(C(C)C)cc1)c1ccco1. The van der Waals surface area contributed by atoms with Gasteiger partial charge in [0.25, 0.3) is 0 Å². The summed E-state index contributed by atoms with van der Waals surface area (Å²) < 4.78 is 5.25. The maximum Gasteiger partial charge on any atom is 0.191 e. The molecule has 0 aliphatic rings. The van der Waals surface area contributed by atoms with Gasteiger partial charge in [-0.25, -0.2) is 0 Å². The number of hydrogen-bond acceptors (Lipinski definition) is 3. The Kier molecular flexibility index (Phi) is 5.11. The van der Waals surface area contributed by atoms with Crippen LogP contribution in [0.2, 0.25) is 0 Å². The molecule has 0 unspecified atom stereocenters. The molecule has 1 aromatic carbocycles. The van der Waals surface area contributed by atoms with E-state index in [1.165, 1.54) is 5.56 Å². The lowest BCUT2D eigenvalue weighted by Gasteiger charge is -2.09. The largest absolute Gasteiger partial charge is 0.463 e. The summed E-state index contributed by atoms with van der Waals surface area (Å²) in [5.41, 5.74) is 5.77. The van der Waals surface area contributed by atoms with Gasteiger partial charge >= 0.3 is 0 Å². The van der Waals surface area contributed by atoms with E-state index in [4.69, 9.17) is 16.6 Å². The second-order valence-electron chi connectivity index (χ2n) is 5.02. The Balaban J connectivity index is 1.91. The molecule has 0 bridgehead atoms.